The van der Waals surface area contributed by atoms with Crippen molar-refractivity contribution in [3.8, 4) is 0 Å². The Bertz CT molecular complexity index is 533. The van der Waals surface area contributed by atoms with Crippen LogP contribution in [-0.2, 0) is 18.8 Å². The van der Waals surface area contributed by atoms with E-state index in [1.54, 1.807) is 0 Å². The molecule has 0 aromatic carbocycles. The number of aliphatic hydroxyl groups is 8. The van der Waals surface area contributed by atoms with Gasteiger partial charge in [-0.05, 0) is 0 Å². The van der Waals surface area contributed by atoms with E-state index in [0.717, 1.165) is 0 Å². The van der Waals surface area contributed by atoms with E-state index in [4.69, 9.17) is 38.6 Å². The fraction of sp³-hybridized carbons (Fsp3) is 1.00. The van der Waals surface area contributed by atoms with Gasteiger partial charge in [-0.2, -0.15) is 0 Å². The van der Waals surface area contributed by atoms with Gasteiger partial charge in [0, 0.05) is 0 Å². The first-order chi connectivity index (χ1) is 12.8. The molecule has 31 heavy (non-hydrogen) atoms. The zero-order valence-corrected chi connectivity index (χ0v) is 21.4. The second-order valence-electron chi connectivity index (χ2n) is 6.04. The van der Waals surface area contributed by atoms with Crippen molar-refractivity contribution in [2.75, 3.05) is 13.2 Å². The van der Waals surface area contributed by atoms with Crippen molar-refractivity contribution < 1.29 is 85.5 Å². The molecular formula is C12H31Ca2O16P. The van der Waals surface area contributed by atoms with Crippen LogP contribution in [0, 0.1) is 0 Å². The van der Waals surface area contributed by atoms with Crippen LogP contribution in [0.1, 0.15) is 5.71 Å². The van der Waals surface area contributed by atoms with Gasteiger partial charge in [0.05, 0.1) is 13.2 Å². The van der Waals surface area contributed by atoms with Gasteiger partial charge in [0.15, 0.2) is 12.6 Å². The smallest absolute Gasteiger partial charge is 1.00 e. The molecule has 2 aliphatic rings. The average Bonchev–Trinajstić information content (AvgIpc) is 2.60. The number of ether oxygens (including phenoxy) is 3. The molecule has 2 fully saturated rings. The zero-order valence-electron chi connectivity index (χ0n) is 20.1. The van der Waals surface area contributed by atoms with Crippen LogP contribution >= 0.6 is 7.82 Å². The van der Waals surface area contributed by atoms with Crippen LogP contribution in [0.4, 0.5) is 0 Å². The fourth-order valence-corrected chi connectivity index (χ4v) is 2.57. The average molecular weight is 542 g/mol. The molecule has 0 aliphatic carbocycles. The Hall–Kier alpha value is 2.15. The Kier molecular flexibility index (Phi) is 20.4. The second-order valence-corrected chi connectivity index (χ2v) is 7.07. The van der Waals surface area contributed by atoms with Crippen molar-refractivity contribution in [1.29, 1.82) is 0 Å². The van der Waals surface area contributed by atoms with Crippen molar-refractivity contribution in [2.45, 2.75) is 61.4 Å². The van der Waals surface area contributed by atoms with Crippen molar-refractivity contribution in [3.05, 3.63) is 0 Å². The molecule has 184 valence electrons. The van der Waals surface area contributed by atoms with Gasteiger partial charge >= 0.3 is 83.3 Å². The van der Waals surface area contributed by atoms with E-state index in [-0.39, 0.29) is 86.7 Å². The number of hydrogen-bond donors (Lipinski definition) is 11. The zero-order chi connectivity index (χ0) is 21.8. The first-order valence-corrected chi connectivity index (χ1v) is 9.43. The van der Waals surface area contributed by atoms with Crippen LogP contribution in [0.5, 0.6) is 0 Å². The summed E-state index contributed by atoms with van der Waals surface area (Å²) >= 11 is 0. The molecule has 0 radical (unpaired) electrons. The normalized spacial score (nSPS) is 40.2. The minimum atomic E-state index is -4.64. The fourth-order valence-electron chi connectivity index (χ4n) is 2.57. The first kappa shape index (κ1) is 37.7. The molecule has 0 bridgehead atoms. The van der Waals surface area contributed by atoms with Gasteiger partial charge in [-0.25, -0.2) is 4.57 Å². The topological polar surface area (TPSA) is 299 Å². The minimum absolute atomic E-state index is 0. The Morgan fingerprint density at radius 3 is 1.61 bits per heavy atom. The summed E-state index contributed by atoms with van der Waals surface area (Å²) in [6.45, 7) is -1.35. The van der Waals surface area contributed by atoms with Gasteiger partial charge in [-0.1, -0.05) is 0 Å². The van der Waals surface area contributed by atoms with E-state index in [1.165, 1.54) is 0 Å². The monoisotopic (exact) mass is 542 g/mol. The Labute approximate surface area is 241 Å². The molecule has 2 rings (SSSR count). The maximum absolute atomic E-state index is 9.94. The Morgan fingerprint density at radius 2 is 1.19 bits per heavy atom. The Balaban J connectivity index is -0.000000119. The van der Waals surface area contributed by atoms with Crippen LogP contribution in [0.2, 0.25) is 0 Å². The summed E-state index contributed by atoms with van der Waals surface area (Å²) in [6, 6.07) is 0. The summed E-state index contributed by atoms with van der Waals surface area (Å²) in [4.78, 5) is 21.6. The SMILES string of the molecule is O.O=P(O)(O)O.OC[C@H]1O[C@@H](O[C@H]2[C@H](O)[C@@H](O)C(O)O[C@@H]2CO)[C@H](O)[C@@H](O)[C@H]1O.[Ca+2].[Ca+2].[H-].[H-].[H-].[H-]. The number of aliphatic hydroxyl groups excluding tert-OH is 8. The summed E-state index contributed by atoms with van der Waals surface area (Å²) in [6.07, 6.45) is -15.6. The molecule has 0 saturated carbocycles. The first-order valence-electron chi connectivity index (χ1n) is 7.86. The van der Waals surface area contributed by atoms with Gasteiger partial charge in [0.1, 0.15) is 48.8 Å². The third-order valence-corrected chi connectivity index (χ3v) is 3.98. The molecule has 0 aromatic rings. The molecule has 10 atom stereocenters. The number of hydrogen-bond acceptors (Lipinski definition) is 12. The van der Waals surface area contributed by atoms with E-state index in [9.17, 15) is 35.7 Å². The van der Waals surface area contributed by atoms with Crippen LogP contribution in [0.25, 0.3) is 0 Å². The molecule has 19 heteroatoms. The molecule has 0 spiro atoms. The summed E-state index contributed by atoms with van der Waals surface area (Å²) in [5, 5.41) is 76.5. The van der Waals surface area contributed by atoms with Crippen LogP contribution in [0.3, 0.4) is 0 Å². The molecule has 0 amide bonds. The Morgan fingerprint density at radius 1 is 0.742 bits per heavy atom. The number of rotatable bonds is 4. The molecule has 2 aliphatic heterocycles. The molecule has 1 unspecified atom stereocenters. The van der Waals surface area contributed by atoms with Gasteiger partial charge in [-0.15, -0.1) is 0 Å². The quantitative estimate of drug-likeness (QED) is 0.116. The van der Waals surface area contributed by atoms with Gasteiger partial charge in [-0.3, -0.25) is 0 Å². The van der Waals surface area contributed by atoms with Crippen molar-refractivity contribution in [3.63, 3.8) is 0 Å². The number of phosphoric acid groups is 1. The van der Waals surface area contributed by atoms with Crippen LogP contribution in [0.15, 0.2) is 0 Å². The van der Waals surface area contributed by atoms with Crippen molar-refractivity contribution in [1.82, 2.24) is 0 Å². The molecule has 2 saturated heterocycles. The molecule has 13 N–H and O–H groups in total. The van der Waals surface area contributed by atoms with Crippen molar-refractivity contribution >= 4 is 83.3 Å². The molecular weight excluding hydrogens is 511 g/mol. The largest absolute Gasteiger partial charge is 2.00 e. The minimum Gasteiger partial charge on any atom is -1.00 e. The van der Waals surface area contributed by atoms with Crippen LogP contribution in [-0.4, -0.2) is 211 Å². The van der Waals surface area contributed by atoms with E-state index in [2.05, 4.69) is 0 Å². The predicted octanol–water partition coefficient (Wildman–Crippen LogP) is -7.46. The van der Waals surface area contributed by atoms with Gasteiger partial charge in [0.25, 0.3) is 0 Å². The predicted molar refractivity (Wildman–Crippen MR) is 102 cm³/mol. The maximum atomic E-state index is 9.94. The third-order valence-electron chi connectivity index (χ3n) is 3.98. The second kappa shape index (κ2) is 16.8. The van der Waals surface area contributed by atoms with E-state index < -0.39 is 82.4 Å². The molecule has 16 nitrogen and oxygen atoms in total. The summed E-state index contributed by atoms with van der Waals surface area (Å²) in [5.41, 5.74) is 0. The third kappa shape index (κ3) is 11.6. The van der Waals surface area contributed by atoms with Gasteiger partial charge in [0.2, 0.25) is 0 Å². The van der Waals surface area contributed by atoms with Crippen molar-refractivity contribution in [2.24, 2.45) is 0 Å². The van der Waals surface area contributed by atoms with E-state index in [0.29, 0.717) is 0 Å². The van der Waals surface area contributed by atoms with Gasteiger partial charge < -0.3 is 80.9 Å². The molecule has 2 heterocycles. The maximum Gasteiger partial charge on any atom is 2.00 e. The summed E-state index contributed by atoms with van der Waals surface area (Å²) in [5.74, 6) is 0. The van der Waals surface area contributed by atoms with Crippen LogP contribution < -0.4 is 0 Å². The standard InChI is InChI=1S/C12H22O11.2Ca.H3O4P.H2O.4H/c13-1-3-5(15)6(16)9(19)12(22-3)23-10-4(2-14)21-11(20)8(18)7(10)17;;;1-5(2,3)4;;;;;/h3-20H,1-2H2;;;(H3,1,2,3,4);1H2;;;;/q;2*+2;;;4*-1/t3-,4-,5+,6+,7-,8-,9-,10-,11?,12+;;;;;;;;/m1......../s1. The molecule has 0 aromatic heterocycles. The summed E-state index contributed by atoms with van der Waals surface area (Å²) in [7, 11) is -4.64. The van der Waals surface area contributed by atoms with E-state index in [1.807, 2.05) is 0 Å². The summed E-state index contributed by atoms with van der Waals surface area (Å²) < 4.78 is 24.1. The van der Waals surface area contributed by atoms with E-state index >= 15 is 0 Å².